The third-order valence-electron chi connectivity index (χ3n) is 2.10. The minimum absolute atomic E-state index is 0.443. The summed E-state index contributed by atoms with van der Waals surface area (Å²) in [5.74, 6) is 0. The first-order valence-corrected chi connectivity index (χ1v) is 6.98. The Balaban J connectivity index is 0. The number of hydrogen-bond acceptors (Lipinski definition) is 1. The van der Waals surface area contributed by atoms with Crippen LogP contribution in [0.5, 0.6) is 0 Å². The van der Waals surface area contributed by atoms with Gasteiger partial charge in [0, 0.05) is 0 Å². The van der Waals surface area contributed by atoms with Crippen LogP contribution in [0, 0.1) is 0 Å². The molecule has 0 radical (unpaired) electrons. The summed E-state index contributed by atoms with van der Waals surface area (Å²) in [5.41, 5.74) is 1.78. The molecule has 0 saturated carbocycles. The van der Waals surface area contributed by atoms with Crippen molar-refractivity contribution in [3.05, 3.63) is 42.0 Å². The molecule has 0 spiro atoms. The van der Waals surface area contributed by atoms with E-state index in [1.54, 1.807) is 0 Å². The largest absolute Gasteiger partial charge is 0.522 e. The van der Waals surface area contributed by atoms with Crippen LogP contribution >= 0.6 is 0 Å². The van der Waals surface area contributed by atoms with Gasteiger partial charge in [0.05, 0.1) is 6.61 Å². The molecule has 116 valence electrons. The van der Waals surface area contributed by atoms with E-state index in [-0.39, 0.29) is 0 Å². The Morgan fingerprint density at radius 3 is 1.95 bits per heavy atom. The smallest absolute Gasteiger partial charge is 0.288 e. The molecule has 0 N–H and O–H groups in total. The Morgan fingerprint density at radius 1 is 1.05 bits per heavy atom. The quantitative estimate of drug-likeness (QED) is 0.654. The van der Waals surface area contributed by atoms with Gasteiger partial charge in [0.25, 0.3) is 0 Å². The molecule has 1 rings (SSSR count). The van der Waals surface area contributed by atoms with E-state index in [0.29, 0.717) is 6.42 Å². The summed E-state index contributed by atoms with van der Waals surface area (Å²) in [4.78, 5) is 0. The first-order valence-electron chi connectivity index (χ1n) is 6.98. The van der Waals surface area contributed by atoms with Gasteiger partial charge in [0.1, 0.15) is 0 Å². The molecule has 0 aliphatic rings. The molecule has 4 heteroatoms. The van der Waals surface area contributed by atoms with E-state index in [0.717, 1.165) is 11.1 Å². The van der Waals surface area contributed by atoms with Crippen LogP contribution in [0.2, 0.25) is 0 Å². The summed E-state index contributed by atoms with van der Waals surface area (Å²) < 4.78 is 39.0. The zero-order valence-electron chi connectivity index (χ0n) is 12.9. The molecule has 0 atom stereocenters. The third kappa shape index (κ3) is 10.6. The fourth-order valence-corrected chi connectivity index (χ4v) is 1.36. The van der Waals surface area contributed by atoms with Crippen LogP contribution in [0.3, 0.4) is 0 Å². The molecular weight excluding hydrogens is 265 g/mol. The molecule has 0 bridgehead atoms. The minimum Gasteiger partial charge on any atom is -0.288 e. The number of halogens is 3. The predicted molar refractivity (Wildman–Crippen MR) is 79.4 cm³/mol. The van der Waals surface area contributed by atoms with Gasteiger partial charge in [-0.25, -0.2) is 0 Å². The number of allylic oxidation sites excluding steroid dienone is 1. The topological polar surface area (TPSA) is 9.23 Å². The zero-order valence-corrected chi connectivity index (χ0v) is 12.9. The molecule has 1 nitrogen and oxygen atoms in total. The summed E-state index contributed by atoms with van der Waals surface area (Å²) in [6.45, 7) is 9.45. The van der Waals surface area contributed by atoms with Crippen molar-refractivity contribution >= 4 is 5.57 Å². The highest BCUT2D eigenvalue weighted by atomic mass is 19.4. The second-order valence-corrected chi connectivity index (χ2v) is 3.21. The number of alkyl halides is 3. The molecule has 0 unspecified atom stereocenters. The molecule has 0 aromatic heterocycles. The van der Waals surface area contributed by atoms with Gasteiger partial charge in [-0.05, 0) is 17.6 Å². The molecule has 0 fully saturated rings. The van der Waals surface area contributed by atoms with Crippen LogP contribution in [0.25, 0.3) is 5.57 Å². The number of rotatable bonds is 4. The highest BCUT2D eigenvalue weighted by Crippen LogP contribution is 2.20. The lowest BCUT2D eigenvalue weighted by Gasteiger charge is -2.07. The predicted octanol–water partition coefficient (Wildman–Crippen LogP) is 6.07. The van der Waals surface area contributed by atoms with E-state index >= 15 is 0 Å². The Bertz CT molecular complexity index is 342. The molecule has 0 amide bonds. The highest BCUT2D eigenvalue weighted by Gasteiger charge is 2.28. The van der Waals surface area contributed by atoms with Crippen LogP contribution in [-0.2, 0) is 4.74 Å². The first kappa shape index (κ1) is 21.0. The van der Waals surface area contributed by atoms with Crippen LogP contribution in [0.15, 0.2) is 36.4 Å². The maximum Gasteiger partial charge on any atom is 0.522 e. The van der Waals surface area contributed by atoms with Crippen LogP contribution in [0.1, 0.15) is 46.6 Å². The third-order valence-corrected chi connectivity index (χ3v) is 2.10. The van der Waals surface area contributed by atoms with Gasteiger partial charge in [0.2, 0.25) is 0 Å². The SMILES string of the molecule is CC.CC.CC/C(=C\COC(F)(F)F)c1ccccc1. The van der Waals surface area contributed by atoms with E-state index in [1.165, 1.54) is 6.08 Å². The summed E-state index contributed by atoms with van der Waals surface area (Å²) in [7, 11) is 0. The minimum atomic E-state index is -4.56. The molecule has 20 heavy (non-hydrogen) atoms. The van der Waals surface area contributed by atoms with Crippen molar-refractivity contribution in [3.8, 4) is 0 Å². The molecule has 1 aromatic rings. The monoisotopic (exact) mass is 290 g/mol. The lowest BCUT2D eigenvalue weighted by molar-refractivity contribution is -0.319. The Morgan fingerprint density at radius 2 is 1.55 bits per heavy atom. The number of hydrogen-bond donors (Lipinski definition) is 0. The van der Waals surface area contributed by atoms with E-state index < -0.39 is 13.0 Å². The van der Waals surface area contributed by atoms with Gasteiger partial charge >= 0.3 is 6.36 Å². The van der Waals surface area contributed by atoms with Gasteiger partial charge in [-0.2, -0.15) is 0 Å². The van der Waals surface area contributed by atoms with E-state index in [9.17, 15) is 13.2 Å². The van der Waals surface area contributed by atoms with Crippen LogP contribution in [-0.4, -0.2) is 13.0 Å². The summed E-state index contributed by atoms with van der Waals surface area (Å²) >= 11 is 0. The van der Waals surface area contributed by atoms with Crippen molar-refractivity contribution in [2.75, 3.05) is 6.61 Å². The van der Waals surface area contributed by atoms with Crippen molar-refractivity contribution in [2.45, 2.75) is 47.4 Å². The Hall–Kier alpha value is -1.29. The Kier molecular flexibility index (Phi) is 13.4. The fraction of sp³-hybridized carbons (Fsp3) is 0.500. The van der Waals surface area contributed by atoms with Crippen molar-refractivity contribution in [3.63, 3.8) is 0 Å². The zero-order chi connectivity index (χ0) is 16.0. The van der Waals surface area contributed by atoms with Crippen LogP contribution in [0.4, 0.5) is 13.2 Å². The number of benzene rings is 1. The molecule has 1 aromatic carbocycles. The average molecular weight is 290 g/mol. The summed E-state index contributed by atoms with van der Waals surface area (Å²) in [6.07, 6.45) is -2.43. The van der Waals surface area contributed by atoms with Crippen molar-refractivity contribution in [1.82, 2.24) is 0 Å². The van der Waals surface area contributed by atoms with Gasteiger partial charge in [-0.15, -0.1) is 13.2 Å². The van der Waals surface area contributed by atoms with Crippen molar-refractivity contribution in [2.24, 2.45) is 0 Å². The second-order valence-electron chi connectivity index (χ2n) is 3.21. The van der Waals surface area contributed by atoms with Gasteiger partial charge in [-0.1, -0.05) is 71.0 Å². The average Bonchev–Trinajstić information content (AvgIpc) is 2.48. The maximum atomic E-state index is 11.8. The normalized spacial score (nSPS) is 10.9. The lowest BCUT2D eigenvalue weighted by Crippen LogP contribution is -2.13. The first-order chi connectivity index (χ1) is 9.53. The van der Waals surface area contributed by atoms with Crippen LogP contribution < -0.4 is 0 Å². The highest BCUT2D eigenvalue weighted by molar-refractivity contribution is 5.65. The molecule has 0 heterocycles. The van der Waals surface area contributed by atoms with E-state index in [2.05, 4.69) is 4.74 Å². The number of ether oxygens (including phenoxy) is 1. The fourth-order valence-electron chi connectivity index (χ4n) is 1.36. The van der Waals surface area contributed by atoms with Crippen molar-refractivity contribution < 1.29 is 17.9 Å². The standard InChI is InChI=1S/C12H13F3O.2C2H6/c1-2-10(8-9-16-12(13,14)15)11-6-4-3-5-7-11;2*1-2/h3-8H,2,9H2,1H3;2*1-2H3/b10-8+;;. The molecule has 0 saturated heterocycles. The van der Waals surface area contributed by atoms with Crippen molar-refractivity contribution in [1.29, 1.82) is 0 Å². The summed E-state index contributed by atoms with van der Waals surface area (Å²) in [5, 5.41) is 0. The van der Waals surface area contributed by atoms with Gasteiger partial charge in [-0.3, -0.25) is 4.74 Å². The van der Waals surface area contributed by atoms with E-state index in [4.69, 9.17) is 0 Å². The molecule has 0 aliphatic heterocycles. The lowest BCUT2D eigenvalue weighted by atomic mass is 10.0. The second kappa shape index (κ2) is 12.7. The maximum absolute atomic E-state index is 11.8. The Labute approximate surface area is 120 Å². The van der Waals surface area contributed by atoms with Gasteiger partial charge in [0.15, 0.2) is 0 Å². The molecular formula is C16H25F3O. The summed E-state index contributed by atoms with van der Waals surface area (Å²) in [6, 6.07) is 9.29. The van der Waals surface area contributed by atoms with Gasteiger partial charge < -0.3 is 0 Å². The molecule has 0 aliphatic carbocycles. The van der Waals surface area contributed by atoms with E-state index in [1.807, 2.05) is 65.0 Å².